The number of hydrogen-bond donors (Lipinski definition) is 10. The number of thiophene rings is 1. The van der Waals surface area contributed by atoms with Crippen LogP contribution in [0.1, 0.15) is 83.1 Å². The van der Waals surface area contributed by atoms with Gasteiger partial charge in [-0.3, -0.25) is 52.7 Å². The van der Waals surface area contributed by atoms with Crippen molar-refractivity contribution in [2.75, 3.05) is 24.6 Å². The zero-order valence-corrected chi connectivity index (χ0v) is 41.5. The average molecular weight is 1010 g/mol. The number of carbonyl (C=O) groups excluding carboxylic acids is 11. The molecule has 13 N–H and O–H groups in total. The molecule has 0 bridgehead atoms. The van der Waals surface area contributed by atoms with Gasteiger partial charge in [-0.25, -0.2) is 10.9 Å². The molecular weight excluding hydrogens is 947 g/mol. The zero-order chi connectivity index (χ0) is 51.9. The summed E-state index contributed by atoms with van der Waals surface area (Å²) in [5, 5.41) is 14.8. The third-order valence-electron chi connectivity index (χ3n) is 11.1. The molecule has 0 saturated carbocycles. The van der Waals surface area contributed by atoms with Crippen LogP contribution in [0.25, 0.3) is 0 Å². The van der Waals surface area contributed by atoms with Crippen molar-refractivity contribution < 1.29 is 52.7 Å². The van der Waals surface area contributed by atoms with E-state index >= 15 is 0 Å². The van der Waals surface area contributed by atoms with Gasteiger partial charge >= 0.3 is 0 Å². The molecule has 1 saturated heterocycles. The predicted octanol–water partition coefficient (Wildman–Crippen LogP) is -1.41. The van der Waals surface area contributed by atoms with Crippen LogP contribution < -0.4 is 54.6 Å². The summed E-state index contributed by atoms with van der Waals surface area (Å²) >= 11 is 2.58. The van der Waals surface area contributed by atoms with Crippen molar-refractivity contribution in [2.24, 2.45) is 29.0 Å². The highest BCUT2D eigenvalue weighted by Crippen LogP contribution is 2.17. The summed E-state index contributed by atoms with van der Waals surface area (Å²) < 4.78 is 0. The molecule has 9 amide bonds. The van der Waals surface area contributed by atoms with E-state index in [0.717, 1.165) is 0 Å². The van der Waals surface area contributed by atoms with Crippen molar-refractivity contribution >= 4 is 87.8 Å². The summed E-state index contributed by atoms with van der Waals surface area (Å²) in [6.07, 6.45) is -1.16. The third kappa shape index (κ3) is 20.4. The first kappa shape index (κ1) is 58.1. The first-order valence-electron chi connectivity index (χ1n) is 23.0. The molecule has 1 fully saturated rings. The molecule has 2 heterocycles. The monoisotopic (exact) mass is 1010 g/mol. The van der Waals surface area contributed by atoms with Crippen molar-refractivity contribution in [1.29, 1.82) is 0 Å². The largest absolute Gasteiger partial charge is 0.370 e. The smallest absolute Gasteiger partial charge is 0.243 e. The van der Waals surface area contributed by atoms with Gasteiger partial charge in [0.1, 0.15) is 24.2 Å². The van der Waals surface area contributed by atoms with Gasteiger partial charge in [0, 0.05) is 29.9 Å². The first-order chi connectivity index (χ1) is 33.2. The van der Waals surface area contributed by atoms with E-state index in [-0.39, 0.29) is 49.7 Å². The van der Waals surface area contributed by atoms with E-state index in [4.69, 9.17) is 17.2 Å². The normalized spacial score (nSPS) is 21.0. The van der Waals surface area contributed by atoms with Crippen LogP contribution in [-0.2, 0) is 65.7 Å². The molecule has 2 aromatic rings. The number of nitrogens with one attached hydrogen (secondary N) is 7. The molecule has 1 aromatic carbocycles. The van der Waals surface area contributed by atoms with Gasteiger partial charge in [0.15, 0.2) is 0 Å². The van der Waals surface area contributed by atoms with Gasteiger partial charge in [-0.15, -0.1) is 11.3 Å². The summed E-state index contributed by atoms with van der Waals surface area (Å²) in [6, 6.07) is 4.10. The van der Waals surface area contributed by atoms with Gasteiger partial charge in [0.05, 0.1) is 38.1 Å². The van der Waals surface area contributed by atoms with E-state index < -0.39 is 139 Å². The van der Waals surface area contributed by atoms with Gasteiger partial charge < -0.3 is 48.7 Å². The molecule has 22 nitrogen and oxygen atoms in total. The number of nitrogens with two attached hydrogens (primary N) is 3. The fourth-order valence-electron chi connectivity index (χ4n) is 7.22. The van der Waals surface area contributed by atoms with E-state index in [2.05, 4.69) is 37.4 Å². The maximum absolute atomic E-state index is 14.7. The Bertz CT molecular complexity index is 2150. The van der Waals surface area contributed by atoms with E-state index in [0.29, 0.717) is 16.9 Å². The number of nitrogens with zero attached hydrogens (tertiary/aromatic N) is 1. The number of hydrogen-bond acceptors (Lipinski definition) is 15. The molecule has 384 valence electrons. The molecule has 1 aromatic heterocycles. The minimum absolute atomic E-state index is 0.0229. The van der Waals surface area contributed by atoms with Crippen molar-refractivity contribution in [2.45, 2.75) is 122 Å². The Morgan fingerprint density at radius 1 is 0.800 bits per heavy atom. The van der Waals surface area contributed by atoms with Gasteiger partial charge in [-0.2, -0.15) is 11.8 Å². The number of ketones is 2. The van der Waals surface area contributed by atoms with Crippen LogP contribution in [0, 0.1) is 11.8 Å². The van der Waals surface area contributed by atoms with E-state index in [1.807, 2.05) is 13.8 Å². The lowest BCUT2D eigenvalue weighted by Crippen LogP contribution is -2.61. The Morgan fingerprint density at radius 3 is 2.11 bits per heavy atom. The number of amides is 9. The SMILES string of the molecule is CC[C@H](C)[C@@H]1NC(=O)[C@H](Cc2ccccc2)NC(=O)CCSCC[C@@H](C(=O)N(CC(=O)N[C@@H](CC(C)C)C(=O)NCC(N)=O)Cc2cccs2)NN[C@@H](CC(N)=O)C(=O)C(=O)[C@H](CCC(N)=O)NC1=O. The standard InChI is InChI=1S/C46H67N11O11S2/c1-5-27(4)40-45(67)53-30(13-14-35(47)58)41(63)42(64)32(22-36(48)59)56-55-31(15-18-69-19-16-38(61)51-34(44(66)54-40)21-28-10-7-6-8-11-28)46(68)57(24-29-12-9-17-70-29)25-39(62)52-33(20-26(2)3)43(65)50-23-37(49)60/h6-12,17,26-27,30-34,40,55-56H,5,13-16,18-25H2,1-4H3,(H2,47,58)(H2,48,59)(H2,49,60)(H,50,65)(H,51,61)(H,52,62)(H,53,67)(H,54,66)/t27-,30-,31-,32-,33-,34-,40-/m0/s1. The van der Waals surface area contributed by atoms with Crippen molar-refractivity contribution in [3.8, 4) is 0 Å². The van der Waals surface area contributed by atoms with Gasteiger partial charge in [-0.05, 0) is 53.9 Å². The summed E-state index contributed by atoms with van der Waals surface area (Å²) in [6.45, 7) is 5.97. The maximum atomic E-state index is 14.7. The Labute approximate surface area is 415 Å². The Hall–Kier alpha value is -6.24. The van der Waals surface area contributed by atoms with Crippen molar-refractivity contribution in [1.82, 2.24) is 42.3 Å². The maximum Gasteiger partial charge on any atom is 0.243 e. The summed E-state index contributed by atoms with van der Waals surface area (Å²) in [7, 11) is 0. The molecule has 70 heavy (non-hydrogen) atoms. The quantitative estimate of drug-likeness (QED) is 0.0682. The van der Waals surface area contributed by atoms with Crippen LogP contribution in [0.3, 0.4) is 0 Å². The summed E-state index contributed by atoms with van der Waals surface area (Å²) in [4.78, 5) is 149. The molecule has 7 atom stereocenters. The van der Waals surface area contributed by atoms with Gasteiger partial charge in [0.25, 0.3) is 0 Å². The number of carbonyl (C=O) groups is 11. The topological polar surface area (TPSA) is 353 Å². The number of thioether (sulfide) groups is 1. The number of benzene rings is 1. The minimum atomic E-state index is -1.73. The third-order valence-corrected chi connectivity index (χ3v) is 13.0. The Balaban J connectivity index is 2.07. The molecule has 0 spiro atoms. The number of primary amides is 3. The molecule has 24 heteroatoms. The molecule has 3 rings (SSSR count). The first-order valence-corrected chi connectivity index (χ1v) is 25.1. The lowest BCUT2D eigenvalue weighted by atomic mass is 9.94. The Kier molecular flexibility index (Phi) is 24.7. The fraction of sp³-hybridized carbons (Fsp3) is 0.543. The molecule has 1 aliphatic rings. The van der Waals surface area contributed by atoms with Crippen molar-refractivity contribution in [3.63, 3.8) is 0 Å². The molecule has 0 radical (unpaired) electrons. The van der Waals surface area contributed by atoms with Crippen LogP contribution >= 0.6 is 23.1 Å². The van der Waals surface area contributed by atoms with Crippen LogP contribution in [0.4, 0.5) is 0 Å². The van der Waals surface area contributed by atoms with Crippen molar-refractivity contribution in [3.05, 3.63) is 58.3 Å². The van der Waals surface area contributed by atoms with Crippen LogP contribution in [-0.4, -0.2) is 130 Å². The average Bonchev–Trinajstić information content (AvgIpc) is 3.82. The molecule has 0 aliphatic carbocycles. The highest BCUT2D eigenvalue weighted by molar-refractivity contribution is 7.99. The second-order valence-corrected chi connectivity index (χ2v) is 19.7. The zero-order valence-electron chi connectivity index (χ0n) is 39.9. The number of Topliss-reactive ketones (excluding diaryl/α,β-unsaturated/α-hetero) is 2. The second-order valence-electron chi connectivity index (χ2n) is 17.4. The lowest BCUT2D eigenvalue weighted by molar-refractivity contribution is -0.142. The van der Waals surface area contributed by atoms with E-state index in [1.54, 1.807) is 61.7 Å². The Morgan fingerprint density at radius 2 is 1.50 bits per heavy atom. The highest BCUT2D eigenvalue weighted by atomic mass is 32.2. The molecule has 0 unspecified atom stereocenters. The van der Waals surface area contributed by atoms with Crippen LogP contribution in [0.2, 0.25) is 0 Å². The number of hydrazine groups is 1. The van der Waals surface area contributed by atoms with Crippen LogP contribution in [0.15, 0.2) is 47.8 Å². The highest BCUT2D eigenvalue weighted by Gasteiger charge is 2.38. The summed E-state index contributed by atoms with van der Waals surface area (Å²) in [5.74, 6) is -9.53. The minimum Gasteiger partial charge on any atom is -0.370 e. The van der Waals surface area contributed by atoms with E-state index in [1.165, 1.54) is 28.0 Å². The fourth-order valence-corrected chi connectivity index (χ4v) is 8.87. The lowest BCUT2D eigenvalue weighted by Gasteiger charge is -2.30. The second kappa shape index (κ2) is 29.7. The van der Waals surface area contributed by atoms with Gasteiger partial charge in [-0.1, -0.05) is 70.5 Å². The van der Waals surface area contributed by atoms with Gasteiger partial charge in [0.2, 0.25) is 64.7 Å². The van der Waals surface area contributed by atoms with E-state index in [9.17, 15) is 52.7 Å². The van der Waals surface area contributed by atoms with Crippen LogP contribution in [0.5, 0.6) is 0 Å². The molecular formula is C46H67N11O11S2. The summed E-state index contributed by atoms with van der Waals surface area (Å²) in [5.41, 5.74) is 22.3. The number of rotatable bonds is 20. The molecule has 1 aliphatic heterocycles. The predicted molar refractivity (Wildman–Crippen MR) is 261 cm³/mol.